The van der Waals surface area contributed by atoms with E-state index in [0.717, 1.165) is 0 Å². The third-order valence-corrected chi connectivity index (χ3v) is 1.26. The Hall–Kier alpha value is -0.610. The summed E-state index contributed by atoms with van der Waals surface area (Å²) in [5, 5.41) is 0. The van der Waals surface area contributed by atoms with Crippen molar-refractivity contribution in [3.05, 3.63) is 0 Å². The van der Waals surface area contributed by atoms with E-state index in [1.54, 1.807) is 0 Å². The van der Waals surface area contributed by atoms with Crippen LogP contribution in [0.5, 0.6) is 0 Å². The maximum atomic E-state index is 10.3. The SMILES string of the molecule is CCC(N)C(N)C(N)=O. The van der Waals surface area contributed by atoms with Gasteiger partial charge in [0.2, 0.25) is 5.91 Å². The molecule has 0 aliphatic heterocycles. The Morgan fingerprint density at radius 1 is 1.56 bits per heavy atom. The maximum Gasteiger partial charge on any atom is 0.235 e. The number of rotatable bonds is 3. The van der Waals surface area contributed by atoms with Crippen LogP contribution in [0.15, 0.2) is 0 Å². The molecule has 2 unspecified atom stereocenters. The highest BCUT2D eigenvalue weighted by Crippen LogP contribution is 1.89. The second kappa shape index (κ2) is 3.42. The van der Waals surface area contributed by atoms with Gasteiger partial charge in [0.15, 0.2) is 0 Å². The maximum absolute atomic E-state index is 10.3. The van der Waals surface area contributed by atoms with E-state index in [0.29, 0.717) is 6.42 Å². The van der Waals surface area contributed by atoms with Crippen molar-refractivity contribution in [3.8, 4) is 0 Å². The molecule has 0 saturated heterocycles. The summed E-state index contributed by atoms with van der Waals surface area (Å²) in [6.07, 6.45) is 0.671. The average molecular weight is 131 g/mol. The van der Waals surface area contributed by atoms with Crippen molar-refractivity contribution in [1.82, 2.24) is 0 Å². The molecule has 0 fully saturated rings. The fourth-order valence-electron chi connectivity index (χ4n) is 0.465. The molecule has 0 heterocycles. The minimum atomic E-state index is -0.699. The van der Waals surface area contributed by atoms with Crippen molar-refractivity contribution < 1.29 is 4.79 Å². The van der Waals surface area contributed by atoms with Gasteiger partial charge >= 0.3 is 0 Å². The number of primary amides is 1. The van der Waals surface area contributed by atoms with Crippen LogP contribution in [0.2, 0.25) is 0 Å². The molecule has 0 spiro atoms. The summed E-state index contributed by atoms with van der Waals surface area (Å²) in [5.41, 5.74) is 15.5. The van der Waals surface area contributed by atoms with Gasteiger partial charge in [-0.25, -0.2) is 0 Å². The normalized spacial score (nSPS) is 16.8. The summed E-state index contributed by atoms with van der Waals surface area (Å²) < 4.78 is 0. The minimum Gasteiger partial charge on any atom is -0.368 e. The van der Waals surface area contributed by atoms with E-state index in [9.17, 15) is 4.79 Å². The average Bonchev–Trinajstić information content (AvgIpc) is 1.84. The van der Waals surface area contributed by atoms with Crippen molar-refractivity contribution in [2.45, 2.75) is 25.4 Å². The molecule has 0 aromatic rings. The summed E-state index contributed by atoms with van der Waals surface area (Å²) in [4.78, 5) is 10.3. The first-order chi connectivity index (χ1) is 4.09. The summed E-state index contributed by atoms with van der Waals surface area (Å²) in [7, 11) is 0. The van der Waals surface area contributed by atoms with Crippen LogP contribution in [0.1, 0.15) is 13.3 Å². The molecule has 0 aliphatic rings. The molecular weight excluding hydrogens is 118 g/mol. The van der Waals surface area contributed by atoms with Crippen molar-refractivity contribution >= 4 is 5.91 Å². The highest BCUT2D eigenvalue weighted by Gasteiger charge is 2.15. The van der Waals surface area contributed by atoms with Crippen LogP contribution >= 0.6 is 0 Å². The Labute approximate surface area is 54.4 Å². The molecule has 2 atom stereocenters. The molecule has 4 heteroatoms. The van der Waals surface area contributed by atoms with Crippen LogP contribution in [0.25, 0.3) is 0 Å². The predicted octanol–water partition coefficient (Wildman–Crippen LogP) is -1.46. The lowest BCUT2D eigenvalue weighted by Crippen LogP contribution is -2.49. The van der Waals surface area contributed by atoms with Crippen LogP contribution < -0.4 is 17.2 Å². The first kappa shape index (κ1) is 8.39. The Morgan fingerprint density at radius 2 is 2.00 bits per heavy atom. The first-order valence-electron chi connectivity index (χ1n) is 2.90. The molecule has 0 radical (unpaired) electrons. The van der Waals surface area contributed by atoms with Crippen LogP contribution in [-0.2, 0) is 4.79 Å². The second-order valence-corrected chi connectivity index (χ2v) is 2.00. The van der Waals surface area contributed by atoms with Gasteiger partial charge in [-0.1, -0.05) is 6.92 Å². The lowest BCUT2D eigenvalue weighted by atomic mass is 10.1. The Bertz CT molecular complexity index is 104. The molecule has 54 valence electrons. The van der Waals surface area contributed by atoms with Gasteiger partial charge in [-0.15, -0.1) is 0 Å². The summed E-state index contributed by atoms with van der Waals surface area (Å²) in [5.74, 6) is -0.538. The Balaban J connectivity index is 3.72. The molecule has 0 aliphatic carbocycles. The van der Waals surface area contributed by atoms with Crippen LogP contribution in [0.4, 0.5) is 0 Å². The zero-order valence-electron chi connectivity index (χ0n) is 5.50. The van der Waals surface area contributed by atoms with Gasteiger partial charge in [0, 0.05) is 6.04 Å². The van der Waals surface area contributed by atoms with E-state index in [1.165, 1.54) is 0 Å². The van der Waals surface area contributed by atoms with Gasteiger partial charge in [-0.05, 0) is 6.42 Å². The molecule has 9 heavy (non-hydrogen) atoms. The quantitative estimate of drug-likeness (QED) is 0.436. The van der Waals surface area contributed by atoms with E-state index in [4.69, 9.17) is 17.2 Å². The summed E-state index contributed by atoms with van der Waals surface area (Å²) in [6.45, 7) is 1.85. The lowest BCUT2D eigenvalue weighted by molar-refractivity contribution is -0.119. The van der Waals surface area contributed by atoms with E-state index < -0.39 is 11.9 Å². The number of hydrogen-bond donors (Lipinski definition) is 3. The van der Waals surface area contributed by atoms with E-state index in [-0.39, 0.29) is 6.04 Å². The van der Waals surface area contributed by atoms with Gasteiger partial charge in [-0.3, -0.25) is 4.79 Å². The topological polar surface area (TPSA) is 95.1 Å². The van der Waals surface area contributed by atoms with E-state index in [1.807, 2.05) is 6.92 Å². The highest BCUT2D eigenvalue weighted by molar-refractivity contribution is 5.80. The fraction of sp³-hybridized carbons (Fsp3) is 0.800. The molecule has 6 N–H and O–H groups in total. The van der Waals surface area contributed by atoms with Crippen LogP contribution in [0, 0.1) is 0 Å². The largest absolute Gasteiger partial charge is 0.368 e. The zero-order valence-corrected chi connectivity index (χ0v) is 5.50. The number of nitrogens with two attached hydrogens (primary N) is 3. The molecule has 0 aromatic heterocycles. The van der Waals surface area contributed by atoms with Gasteiger partial charge in [0.25, 0.3) is 0 Å². The number of hydrogen-bond acceptors (Lipinski definition) is 3. The Morgan fingerprint density at radius 3 is 2.11 bits per heavy atom. The molecule has 0 saturated carbocycles. The number of carbonyl (C=O) groups excluding carboxylic acids is 1. The van der Waals surface area contributed by atoms with E-state index in [2.05, 4.69) is 0 Å². The van der Waals surface area contributed by atoms with Crippen molar-refractivity contribution in [2.75, 3.05) is 0 Å². The molecular formula is C5H13N3O. The van der Waals surface area contributed by atoms with Crippen LogP contribution in [-0.4, -0.2) is 18.0 Å². The molecule has 1 amide bonds. The lowest BCUT2D eigenvalue weighted by Gasteiger charge is -2.13. The predicted molar refractivity (Wildman–Crippen MR) is 35.4 cm³/mol. The van der Waals surface area contributed by atoms with Gasteiger partial charge in [0.1, 0.15) is 0 Å². The van der Waals surface area contributed by atoms with Crippen LogP contribution in [0.3, 0.4) is 0 Å². The second-order valence-electron chi connectivity index (χ2n) is 2.00. The number of amides is 1. The van der Waals surface area contributed by atoms with Crippen molar-refractivity contribution in [1.29, 1.82) is 0 Å². The molecule has 0 aromatic carbocycles. The summed E-state index contributed by atoms with van der Waals surface area (Å²) in [6, 6.07) is -1.00. The van der Waals surface area contributed by atoms with Crippen molar-refractivity contribution in [3.63, 3.8) is 0 Å². The standard InChI is InChI=1S/C5H13N3O/c1-2-3(6)4(7)5(8)9/h3-4H,2,6-7H2,1H3,(H2,8,9). The third kappa shape index (κ3) is 2.43. The highest BCUT2D eigenvalue weighted by atomic mass is 16.1. The summed E-state index contributed by atoms with van der Waals surface area (Å²) >= 11 is 0. The monoisotopic (exact) mass is 131 g/mol. The molecule has 4 nitrogen and oxygen atoms in total. The number of carbonyl (C=O) groups is 1. The fourth-order valence-corrected chi connectivity index (χ4v) is 0.465. The zero-order chi connectivity index (χ0) is 7.44. The molecule has 0 rings (SSSR count). The third-order valence-electron chi connectivity index (χ3n) is 1.26. The Kier molecular flexibility index (Phi) is 3.19. The first-order valence-corrected chi connectivity index (χ1v) is 2.90. The van der Waals surface area contributed by atoms with Crippen molar-refractivity contribution in [2.24, 2.45) is 17.2 Å². The molecule has 0 bridgehead atoms. The van der Waals surface area contributed by atoms with E-state index >= 15 is 0 Å². The van der Waals surface area contributed by atoms with Gasteiger partial charge in [0.05, 0.1) is 6.04 Å². The smallest absolute Gasteiger partial charge is 0.235 e. The van der Waals surface area contributed by atoms with Gasteiger partial charge < -0.3 is 17.2 Å². The minimum absolute atomic E-state index is 0.303. The van der Waals surface area contributed by atoms with Gasteiger partial charge in [-0.2, -0.15) is 0 Å².